The highest BCUT2D eigenvalue weighted by Crippen LogP contribution is 2.34. The Morgan fingerprint density at radius 3 is 2.38 bits per heavy atom. The molecule has 0 bridgehead atoms. The molecule has 0 aliphatic carbocycles. The fourth-order valence-corrected chi connectivity index (χ4v) is 3.02. The number of rotatable bonds is 2. The van der Waals surface area contributed by atoms with E-state index in [1.54, 1.807) is 6.07 Å². The summed E-state index contributed by atoms with van der Waals surface area (Å²) in [5.74, 6) is 0.527. The third kappa shape index (κ3) is 2.42. The van der Waals surface area contributed by atoms with Crippen LogP contribution in [0.15, 0.2) is 12.1 Å². The van der Waals surface area contributed by atoms with Crippen molar-refractivity contribution in [2.24, 2.45) is 0 Å². The van der Waals surface area contributed by atoms with Crippen molar-refractivity contribution in [2.75, 3.05) is 7.11 Å². The number of ether oxygens (including phenoxy) is 1. The molecule has 0 radical (unpaired) electrons. The maximum Gasteiger partial charge on any atom is 0.265 e. The van der Waals surface area contributed by atoms with Gasteiger partial charge in [0.1, 0.15) is 5.75 Å². The van der Waals surface area contributed by atoms with E-state index in [4.69, 9.17) is 4.74 Å². The number of halogens is 4. The second-order valence-electron chi connectivity index (χ2n) is 2.28. The van der Waals surface area contributed by atoms with E-state index in [1.165, 1.54) is 13.2 Å². The van der Waals surface area contributed by atoms with Crippen LogP contribution in [0.4, 0.5) is 8.78 Å². The van der Waals surface area contributed by atoms with Crippen molar-refractivity contribution in [3.8, 4) is 5.75 Å². The van der Waals surface area contributed by atoms with E-state index in [1.807, 2.05) is 22.6 Å². The maximum absolute atomic E-state index is 12.4. The average molecular weight is 410 g/mol. The van der Waals surface area contributed by atoms with Crippen LogP contribution in [0.2, 0.25) is 0 Å². The summed E-state index contributed by atoms with van der Waals surface area (Å²) < 4.78 is 31.2. The first kappa shape index (κ1) is 11.4. The van der Waals surface area contributed by atoms with Crippen LogP contribution in [-0.4, -0.2) is 7.11 Å². The fraction of sp³-hybridized carbons (Fsp3) is 0.250. The van der Waals surface area contributed by atoms with Crippen LogP contribution in [0.1, 0.15) is 12.0 Å². The van der Waals surface area contributed by atoms with Crippen molar-refractivity contribution in [1.29, 1.82) is 0 Å². The lowest BCUT2D eigenvalue weighted by atomic mass is 10.2. The van der Waals surface area contributed by atoms with Gasteiger partial charge in [-0.25, -0.2) is 8.78 Å². The van der Waals surface area contributed by atoms with Crippen molar-refractivity contribution in [2.45, 2.75) is 6.43 Å². The topological polar surface area (TPSA) is 9.23 Å². The monoisotopic (exact) mass is 410 g/mol. The molecule has 0 heterocycles. The van der Waals surface area contributed by atoms with E-state index in [0.717, 1.165) is 3.57 Å². The molecule has 0 aliphatic rings. The molecule has 0 atom stereocenters. The minimum Gasteiger partial charge on any atom is -0.495 e. The summed E-state index contributed by atoms with van der Waals surface area (Å²) in [4.78, 5) is 0. The van der Waals surface area contributed by atoms with Gasteiger partial charge in [0.25, 0.3) is 6.43 Å². The van der Waals surface area contributed by atoms with Crippen LogP contribution in [0.5, 0.6) is 5.75 Å². The average Bonchev–Trinajstić information content (AvgIpc) is 2.04. The molecule has 5 heteroatoms. The highest BCUT2D eigenvalue weighted by Gasteiger charge is 2.16. The van der Waals surface area contributed by atoms with E-state index in [-0.39, 0.29) is 5.56 Å². The third-order valence-electron chi connectivity index (χ3n) is 1.52. The lowest BCUT2D eigenvalue weighted by Gasteiger charge is -2.09. The summed E-state index contributed by atoms with van der Waals surface area (Å²) in [5.41, 5.74) is 0.0258. The molecule has 1 nitrogen and oxygen atoms in total. The van der Waals surface area contributed by atoms with Gasteiger partial charge in [-0.2, -0.15) is 0 Å². The molecule has 72 valence electrons. The zero-order valence-electron chi connectivity index (χ0n) is 6.65. The van der Waals surface area contributed by atoms with Crippen LogP contribution >= 0.6 is 45.2 Å². The minimum atomic E-state index is -2.45. The highest BCUT2D eigenvalue weighted by atomic mass is 127. The van der Waals surface area contributed by atoms with E-state index < -0.39 is 6.43 Å². The van der Waals surface area contributed by atoms with Crippen LogP contribution in [-0.2, 0) is 0 Å². The Morgan fingerprint density at radius 2 is 1.92 bits per heavy atom. The van der Waals surface area contributed by atoms with Gasteiger partial charge in [-0.1, -0.05) is 6.07 Å². The molecule has 0 saturated carbocycles. The molecule has 0 N–H and O–H groups in total. The van der Waals surface area contributed by atoms with Gasteiger partial charge in [-0.15, -0.1) is 0 Å². The molecule has 0 fully saturated rings. The van der Waals surface area contributed by atoms with Gasteiger partial charge in [-0.05, 0) is 51.2 Å². The first-order valence-corrected chi connectivity index (χ1v) is 5.53. The van der Waals surface area contributed by atoms with Gasteiger partial charge in [-0.3, -0.25) is 0 Å². The molecule has 0 amide bonds. The summed E-state index contributed by atoms with van der Waals surface area (Å²) in [7, 11) is 1.48. The van der Waals surface area contributed by atoms with E-state index in [9.17, 15) is 8.78 Å². The van der Waals surface area contributed by atoms with Crippen molar-refractivity contribution >= 4 is 45.2 Å². The quantitative estimate of drug-likeness (QED) is 0.674. The maximum atomic E-state index is 12.4. The van der Waals surface area contributed by atoms with E-state index >= 15 is 0 Å². The number of methoxy groups -OCH3 is 1. The molecule has 0 aromatic heterocycles. The SMILES string of the molecule is COc1c(I)ccc(C(F)F)c1I. The summed E-state index contributed by atoms with van der Waals surface area (Å²) in [6, 6.07) is 3.06. The lowest BCUT2D eigenvalue weighted by Crippen LogP contribution is -1.96. The van der Waals surface area contributed by atoms with Gasteiger partial charge < -0.3 is 4.74 Å². The third-order valence-corrected chi connectivity index (χ3v) is 3.48. The zero-order valence-corrected chi connectivity index (χ0v) is 11.0. The summed E-state index contributed by atoms with van der Waals surface area (Å²) in [6.07, 6.45) is -2.45. The summed E-state index contributed by atoms with van der Waals surface area (Å²) in [5, 5.41) is 0. The van der Waals surface area contributed by atoms with Crippen LogP contribution < -0.4 is 4.74 Å². The van der Waals surface area contributed by atoms with Crippen molar-refractivity contribution in [3.05, 3.63) is 24.8 Å². The molecular formula is C8H6F2I2O. The van der Waals surface area contributed by atoms with Gasteiger partial charge in [0, 0.05) is 5.56 Å². The Kier molecular flexibility index (Phi) is 4.14. The largest absolute Gasteiger partial charge is 0.495 e. The molecule has 0 aliphatic heterocycles. The normalized spacial score (nSPS) is 10.6. The lowest BCUT2D eigenvalue weighted by molar-refractivity contribution is 0.150. The van der Waals surface area contributed by atoms with Crippen LogP contribution in [0.25, 0.3) is 0 Å². The molecule has 13 heavy (non-hydrogen) atoms. The van der Waals surface area contributed by atoms with Crippen molar-refractivity contribution in [1.82, 2.24) is 0 Å². The Bertz CT molecular complexity index is 315. The molecule has 1 rings (SSSR count). The first-order chi connectivity index (χ1) is 6.07. The Balaban J connectivity index is 3.27. The molecule has 1 aromatic rings. The van der Waals surface area contributed by atoms with E-state index in [0.29, 0.717) is 9.32 Å². The predicted molar refractivity (Wildman–Crippen MR) is 63.4 cm³/mol. The number of benzene rings is 1. The number of hydrogen-bond donors (Lipinski definition) is 0. The standard InChI is InChI=1S/C8H6F2I2O/c1-13-7-5(11)3-2-4(6(7)12)8(9)10/h2-3,8H,1H3. The molecule has 0 unspecified atom stereocenters. The second-order valence-corrected chi connectivity index (χ2v) is 4.53. The van der Waals surface area contributed by atoms with Crippen LogP contribution in [0.3, 0.4) is 0 Å². The van der Waals surface area contributed by atoms with Crippen molar-refractivity contribution in [3.63, 3.8) is 0 Å². The Labute approximate surface area is 102 Å². The summed E-state index contributed by atoms with van der Waals surface area (Å²) >= 11 is 3.92. The first-order valence-electron chi connectivity index (χ1n) is 3.38. The number of hydrogen-bond acceptors (Lipinski definition) is 1. The minimum absolute atomic E-state index is 0.0258. The molecule has 0 spiro atoms. The molecular weight excluding hydrogens is 404 g/mol. The number of alkyl halides is 2. The summed E-state index contributed by atoms with van der Waals surface area (Å²) in [6.45, 7) is 0. The molecule has 0 saturated heterocycles. The smallest absolute Gasteiger partial charge is 0.265 e. The van der Waals surface area contributed by atoms with E-state index in [2.05, 4.69) is 22.6 Å². The Morgan fingerprint density at radius 1 is 1.31 bits per heavy atom. The predicted octanol–water partition coefficient (Wildman–Crippen LogP) is 3.84. The van der Waals surface area contributed by atoms with Crippen LogP contribution in [0, 0.1) is 7.14 Å². The van der Waals surface area contributed by atoms with Crippen molar-refractivity contribution < 1.29 is 13.5 Å². The molecule has 1 aromatic carbocycles. The second kappa shape index (κ2) is 4.72. The van der Waals surface area contributed by atoms with Gasteiger partial charge in [0.05, 0.1) is 14.3 Å². The Hall–Kier alpha value is 0.340. The van der Waals surface area contributed by atoms with Gasteiger partial charge in [0.2, 0.25) is 0 Å². The van der Waals surface area contributed by atoms with Gasteiger partial charge >= 0.3 is 0 Å². The highest BCUT2D eigenvalue weighted by molar-refractivity contribution is 14.1. The zero-order chi connectivity index (χ0) is 10.0. The van der Waals surface area contributed by atoms with Gasteiger partial charge in [0.15, 0.2) is 0 Å². The fourth-order valence-electron chi connectivity index (χ4n) is 0.903.